The first-order chi connectivity index (χ1) is 15.6. The Kier molecular flexibility index (Phi) is 5.87. The van der Waals surface area contributed by atoms with Crippen molar-refractivity contribution < 1.29 is 9.53 Å². The zero-order valence-corrected chi connectivity index (χ0v) is 18.9. The molecular formula is C23H27ClN6O2. The molecule has 2 aliphatic heterocycles. The molecule has 4 heterocycles. The largest absolute Gasteiger partial charge is 0.495 e. The Morgan fingerprint density at radius 1 is 1.19 bits per heavy atom. The molecular weight excluding hydrogens is 428 g/mol. The van der Waals surface area contributed by atoms with Crippen LogP contribution in [0.2, 0.25) is 5.02 Å². The lowest BCUT2D eigenvalue weighted by molar-refractivity contribution is -0.120. The summed E-state index contributed by atoms with van der Waals surface area (Å²) in [5.41, 5.74) is 2.34. The first-order valence-electron chi connectivity index (χ1n) is 11.2. The van der Waals surface area contributed by atoms with E-state index < -0.39 is 0 Å². The van der Waals surface area contributed by atoms with Gasteiger partial charge in [-0.3, -0.25) is 4.79 Å². The summed E-state index contributed by atoms with van der Waals surface area (Å²) < 4.78 is 7.61. The second-order valence-electron chi connectivity index (χ2n) is 8.48. The molecule has 2 aromatic heterocycles. The number of piperidine rings is 1. The summed E-state index contributed by atoms with van der Waals surface area (Å²) in [7, 11) is 1.58. The molecule has 3 aromatic rings. The van der Waals surface area contributed by atoms with Crippen LogP contribution in [0.1, 0.15) is 37.9 Å². The smallest absolute Gasteiger partial charge is 0.229 e. The normalized spacial score (nSPS) is 18.8. The summed E-state index contributed by atoms with van der Waals surface area (Å²) in [6.07, 6.45) is 7.86. The first-order valence-corrected chi connectivity index (χ1v) is 11.6. The summed E-state index contributed by atoms with van der Waals surface area (Å²) in [6, 6.07) is 5.21. The topological polar surface area (TPSA) is 85.2 Å². The van der Waals surface area contributed by atoms with Gasteiger partial charge >= 0.3 is 0 Å². The highest BCUT2D eigenvalue weighted by Gasteiger charge is 2.29. The molecule has 32 heavy (non-hydrogen) atoms. The Balaban J connectivity index is 1.38. The molecule has 1 aromatic carbocycles. The fourth-order valence-corrected chi connectivity index (χ4v) is 4.93. The van der Waals surface area contributed by atoms with Crippen LogP contribution in [0.4, 0.5) is 11.5 Å². The Labute approximate surface area is 192 Å². The molecule has 0 unspecified atom stereocenters. The monoisotopic (exact) mass is 454 g/mol. The third kappa shape index (κ3) is 3.99. The Bertz CT molecular complexity index is 1150. The van der Waals surface area contributed by atoms with Gasteiger partial charge in [-0.1, -0.05) is 18.0 Å². The Hall–Kier alpha value is -2.87. The number of ether oxygens (including phenoxy) is 1. The summed E-state index contributed by atoms with van der Waals surface area (Å²) in [5.74, 6) is 2.30. The van der Waals surface area contributed by atoms with Crippen LogP contribution in [0.25, 0.3) is 11.2 Å². The summed E-state index contributed by atoms with van der Waals surface area (Å²) in [6.45, 7) is 2.39. The van der Waals surface area contributed by atoms with E-state index in [1.165, 1.54) is 6.42 Å². The molecule has 0 radical (unpaired) electrons. The molecule has 0 aliphatic carbocycles. The van der Waals surface area contributed by atoms with Crippen LogP contribution in [-0.2, 0) is 17.8 Å². The number of imidazole rings is 1. The molecule has 1 atom stereocenters. The minimum absolute atomic E-state index is 0.0406. The van der Waals surface area contributed by atoms with Crippen LogP contribution in [0.15, 0.2) is 24.5 Å². The standard InChI is InChI=1S/C23H27ClN6O2/c1-32-18-9-8-16(24)12-17(18)27-23(31)15-6-5-10-29(13-15)21-20-22(26-14-25-21)30-11-4-2-3-7-19(30)28-20/h8-9,12,14-15H,2-7,10-11,13H2,1H3,(H,27,31)/t15-/m0/s1. The quantitative estimate of drug-likeness (QED) is 0.639. The molecule has 1 N–H and O–H groups in total. The molecule has 1 amide bonds. The predicted molar refractivity (Wildman–Crippen MR) is 124 cm³/mol. The lowest BCUT2D eigenvalue weighted by atomic mass is 9.97. The lowest BCUT2D eigenvalue weighted by Crippen LogP contribution is -2.41. The molecule has 1 fully saturated rings. The van der Waals surface area contributed by atoms with Crippen molar-refractivity contribution in [3.8, 4) is 5.75 Å². The van der Waals surface area contributed by atoms with Crippen LogP contribution in [-0.4, -0.2) is 45.6 Å². The fourth-order valence-electron chi connectivity index (χ4n) is 4.75. The number of benzene rings is 1. The maximum absolute atomic E-state index is 13.1. The number of aryl methyl sites for hydroxylation is 2. The molecule has 168 valence electrons. The van der Waals surface area contributed by atoms with E-state index in [1.807, 2.05) is 0 Å². The number of halogens is 1. The number of fused-ring (bicyclic) bond motifs is 3. The van der Waals surface area contributed by atoms with Crippen LogP contribution >= 0.6 is 11.6 Å². The van der Waals surface area contributed by atoms with Gasteiger partial charge < -0.3 is 19.5 Å². The summed E-state index contributed by atoms with van der Waals surface area (Å²) in [5, 5.41) is 3.55. The highest BCUT2D eigenvalue weighted by molar-refractivity contribution is 6.31. The van der Waals surface area contributed by atoms with Crippen molar-refractivity contribution >= 4 is 40.2 Å². The van der Waals surface area contributed by atoms with E-state index in [0.29, 0.717) is 23.0 Å². The number of methoxy groups -OCH3 is 1. The number of nitrogens with zero attached hydrogens (tertiary/aromatic N) is 5. The number of carbonyl (C=O) groups excluding carboxylic acids is 1. The van der Waals surface area contributed by atoms with E-state index in [-0.39, 0.29) is 11.8 Å². The Morgan fingerprint density at radius 3 is 2.97 bits per heavy atom. The van der Waals surface area contributed by atoms with Crippen LogP contribution in [0.5, 0.6) is 5.75 Å². The van der Waals surface area contributed by atoms with Crippen molar-refractivity contribution in [1.29, 1.82) is 0 Å². The predicted octanol–water partition coefficient (Wildman–Crippen LogP) is 4.07. The second-order valence-corrected chi connectivity index (χ2v) is 8.92. The van der Waals surface area contributed by atoms with E-state index in [1.54, 1.807) is 31.6 Å². The number of hydrogen-bond donors (Lipinski definition) is 1. The highest BCUT2D eigenvalue weighted by atomic mass is 35.5. The SMILES string of the molecule is COc1ccc(Cl)cc1NC(=O)[C@H]1CCCN(c2ncnc3c2nc2n3CCCCC2)C1. The second kappa shape index (κ2) is 8.94. The third-order valence-electron chi connectivity index (χ3n) is 6.38. The van der Waals surface area contributed by atoms with E-state index in [2.05, 4.69) is 24.8 Å². The van der Waals surface area contributed by atoms with Crippen molar-refractivity contribution in [2.75, 3.05) is 30.4 Å². The van der Waals surface area contributed by atoms with Gasteiger partial charge in [0.1, 0.15) is 17.9 Å². The number of amides is 1. The van der Waals surface area contributed by atoms with Crippen molar-refractivity contribution in [3.05, 3.63) is 35.4 Å². The molecule has 1 saturated heterocycles. The van der Waals surface area contributed by atoms with Crippen LogP contribution < -0.4 is 15.0 Å². The van der Waals surface area contributed by atoms with E-state index in [4.69, 9.17) is 21.3 Å². The number of anilines is 2. The molecule has 0 saturated carbocycles. The van der Waals surface area contributed by atoms with Gasteiger partial charge in [0.25, 0.3) is 0 Å². The van der Waals surface area contributed by atoms with Crippen LogP contribution in [0.3, 0.4) is 0 Å². The number of carbonyl (C=O) groups is 1. The summed E-state index contributed by atoms with van der Waals surface area (Å²) >= 11 is 6.12. The maximum Gasteiger partial charge on any atom is 0.229 e. The number of rotatable bonds is 4. The van der Waals surface area contributed by atoms with Crippen LogP contribution in [0, 0.1) is 5.92 Å². The minimum Gasteiger partial charge on any atom is -0.495 e. The number of aromatic nitrogens is 4. The molecule has 8 nitrogen and oxygen atoms in total. The van der Waals surface area contributed by atoms with E-state index in [0.717, 1.165) is 68.0 Å². The van der Waals surface area contributed by atoms with Gasteiger partial charge in [0.15, 0.2) is 17.0 Å². The van der Waals surface area contributed by atoms with Gasteiger partial charge in [0.05, 0.1) is 18.7 Å². The van der Waals surface area contributed by atoms with E-state index in [9.17, 15) is 4.79 Å². The zero-order valence-electron chi connectivity index (χ0n) is 18.2. The minimum atomic E-state index is -0.169. The van der Waals surface area contributed by atoms with Crippen molar-refractivity contribution in [1.82, 2.24) is 19.5 Å². The van der Waals surface area contributed by atoms with Crippen molar-refractivity contribution in [2.45, 2.75) is 45.1 Å². The zero-order chi connectivity index (χ0) is 22.1. The Morgan fingerprint density at radius 2 is 2.09 bits per heavy atom. The summed E-state index contributed by atoms with van der Waals surface area (Å²) in [4.78, 5) is 29.3. The lowest BCUT2D eigenvalue weighted by Gasteiger charge is -2.32. The maximum atomic E-state index is 13.1. The first kappa shape index (κ1) is 21.0. The third-order valence-corrected chi connectivity index (χ3v) is 6.62. The van der Waals surface area contributed by atoms with Gasteiger partial charge in [-0.05, 0) is 43.9 Å². The molecule has 0 bridgehead atoms. The number of nitrogens with one attached hydrogen (secondary N) is 1. The van der Waals surface area contributed by atoms with Gasteiger partial charge in [-0.2, -0.15) is 0 Å². The van der Waals surface area contributed by atoms with E-state index >= 15 is 0 Å². The van der Waals surface area contributed by atoms with Gasteiger partial charge in [0.2, 0.25) is 5.91 Å². The molecule has 0 spiro atoms. The van der Waals surface area contributed by atoms with Crippen molar-refractivity contribution in [2.24, 2.45) is 5.92 Å². The molecule has 9 heteroatoms. The van der Waals surface area contributed by atoms with Gasteiger partial charge in [-0.15, -0.1) is 0 Å². The van der Waals surface area contributed by atoms with Crippen molar-refractivity contribution in [3.63, 3.8) is 0 Å². The average molecular weight is 455 g/mol. The van der Waals surface area contributed by atoms with Gasteiger partial charge in [-0.25, -0.2) is 15.0 Å². The highest BCUT2D eigenvalue weighted by Crippen LogP contribution is 2.31. The fraction of sp³-hybridized carbons (Fsp3) is 0.478. The van der Waals surface area contributed by atoms with Gasteiger partial charge in [0, 0.05) is 31.1 Å². The average Bonchev–Trinajstić information content (AvgIpc) is 3.00. The molecule has 5 rings (SSSR count). The number of hydrogen-bond acceptors (Lipinski definition) is 6. The molecule has 2 aliphatic rings.